The molecule has 11 nitrogen and oxygen atoms in total. The predicted molar refractivity (Wildman–Crippen MR) is 134 cm³/mol. The summed E-state index contributed by atoms with van der Waals surface area (Å²) in [6, 6.07) is 6.16. The van der Waals surface area contributed by atoms with Crippen LogP contribution in [0.2, 0.25) is 0 Å². The zero-order chi connectivity index (χ0) is 27.9. The zero-order valence-electron chi connectivity index (χ0n) is 21.0. The van der Waals surface area contributed by atoms with Crippen molar-refractivity contribution >= 4 is 11.7 Å². The maximum absolute atomic E-state index is 12.1. The van der Waals surface area contributed by atoms with Gasteiger partial charge >= 0.3 is 5.97 Å². The molecule has 0 aromatic heterocycles. The van der Waals surface area contributed by atoms with Gasteiger partial charge in [0.15, 0.2) is 0 Å². The SMILES string of the molecule is CC(C)CC(N=C1c2c(O)cccc2C([C@@H]2O[C@H](CO)[C@@H](O)[C@H](O)[C@H]2O)c2cc(CO)cc(O)c21)C(=O)O. The number of hydrogen-bond donors (Lipinski definition) is 8. The molecular weight excluding hydrogens is 498 g/mol. The van der Waals surface area contributed by atoms with Crippen molar-refractivity contribution in [3.8, 4) is 11.5 Å². The number of phenolic OH excluding ortho intramolecular Hbond substituents is 2. The lowest BCUT2D eigenvalue weighted by atomic mass is 9.71. The van der Waals surface area contributed by atoms with E-state index in [4.69, 9.17) is 4.74 Å². The molecule has 0 spiro atoms. The highest BCUT2D eigenvalue weighted by atomic mass is 16.5. The van der Waals surface area contributed by atoms with Crippen molar-refractivity contribution in [1.82, 2.24) is 0 Å². The summed E-state index contributed by atoms with van der Waals surface area (Å²) in [7, 11) is 0. The number of aromatic hydroxyl groups is 2. The second-order valence-electron chi connectivity index (χ2n) is 10.2. The number of nitrogens with zero attached hydrogens (tertiary/aromatic N) is 1. The first-order chi connectivity index (χ1) is 18.0. The fourth-order valence-electron chi connectivity index (χ4n) is 5.37. The van der Waals surface area contributed by atoms with Crippen LogP contribution >= 0.6 is 0 Å². The van der Waals surface area contributed by atoms with E-state index in [1.807, 2.05) is 13.8 Å². The number of benzene rings is 2. The van der Waals surface area contributed by atoms with Crippen LogP contribution in [0.1, 0.15) is 54.0 Å². The number of aliphatic imine (C=N–C) groups is 1. The Morgan fingerprint density at radius 2 is 1.66 bits per heavy atom. The molecule has 2 aliphatic rings. The summed E-state index contributed by atoms with van der Waals surface area (Å²) in [5.41, 5.74) is 1.16. The molecule has 11 heteroatoms. The minimum Gasteiger partial charge on any atom is -0.507 e. The van der Waals surface area contributed by atoms with Crippen LogP contribution in [-0.2, 0) is 16.1 Å². The van der Waals surface area contributed by atoms with Gasteiger partial charge in [-0.05, 0) is 41.2 Å². The number of aliphatic hydroxyl groups excluding tert-OH is 5. The number of fused-ring (bicyclic) bond motifs is 2. The molecule has 7 atom stereocenters. The Morgan fingerprint density at radius 3 is 2.26 bits per heavy atom. The number of aliphatic carboxylic acids is 1. The van der Waals surface area contributed by atoms with Crippen LogP contribution in [0.15, 0.2) is 35.3 Å². The summed E-state index contributed by atoms with van der Waals surface area (Å²) >= 11 is 0. The zero-order valence-corrected chi connectivity index (χ0v) is 21.0. The van der Waals surface area contributed by atoms with Crippen LogP contribution in [0.25, 0.3) is 0 Å². The quantitative estimate of drug-likeness (QED) is 0.244. The second-order valence-corrected chi connectivity index (χ2v) is 10.2. The molecule has 0 radical (unpaired) electrons. The number of ether oxygens (including phenoxy) is 1. The highest BCUT2D eigenvalue weighted by molar-refractivity contribution is 6.19. The van der Waals surface area contributed by atoms with Gasteiger partial charge in [0.1, 0.15) is 42.0 Å². The van der Waals surface area contributed by atoms with E-state index in [1.165, 1.54) is 18.2 Å². The van der Waals surface area contributed by atoms with Crippen LogP contribution in [0.4, 0.5) is 0 Å². The Bertz CT molecular complexity index is 1230. The third kappa shape index (κ3) is 4.89. The minimum absolute atomic E-state index is 0.0176. The van der Waals surface area contributed by atoms with Gasteiger partial charge in [-0.2, -0.15) is 0 Å². The molecule has 4 rings (SSSR count). The van der Waals surface area contributed by atoms with E-state index in [0.717, 1.165) is 0 Å². The summed E-state index contributed by atoms with van der Waals surface area (Å²) in [5, 5.41) is 83.3. The fourth-order valence-corrected chi connectivity index (χ4v) is 5.37. The smallest absolute Gasteiger partial charge is 0.328 e. The van der Waals surface area contributed by atoms with Gasteiger partial charge in [-0.15, -0.1) is 0 Å². The lowest BCUT2D eigenvalue weighted by Crippen LogP contribution is -2.60. The molecule has 1 fully saturated rings. The fraction of sp³-hybridized carbons (Fsp3) is 0.481. The number of carbonyl (C=O) groups is 1. The van der Waals surface area contributed by atoms with E-state index in [-0.39, 0.29) is 40.7 Å². The molecule has 1 aliphatic heterocycles. The van der Waals surface area contributed by atoms with Gasteiger partial charge in [0.25, 0.3) is 0 Å². The third-order valence-corrected chi connectivity index (χ3v) is 7.13. The van der Waals surface area contributed by atoms with Crippen molar-refractivity contribution < 1.29 is 50.4 Å². The molecule has 8 N–H and O–H groups in total. The van der Waals surface area contributed by atoms with Crippen molar-refractivity contribution in [2.45, 2.75) is 69.4 Å². The van der Waals surface area contributed by atoms with Crippen LogP contribution in [0.5, 0.6) is 11.5 Å². The van der Waals surface area contributed by atoms with E-state index in [9.17, 15) is 45.6 Å². The van der Waals surface area contributed by atoms with Gasteiger partial charge in [0, 0.05) is 17.0 Å². The van der Waals surface area contributed by atoms with E-state index >= 15 is 0 Å². The first-order valence-corrected chi connectivity index (χ1v) is 12.4. The Balaban J connectivity index is 2.02. The van der Waals surface area contributed by atoms with Gasteiger partial charge in [-0.1, -0.05) is 32.0 Å². The molecular formula is C27H33NO10. The van der Waals surface area contributed by atoms with E-state index in [1.54, 1.807) is 12.1 Å². The molecule has 1 saturated heterocycles. The molecule has 0 saturated carbocycles. The van der Waals surface area contributed by atoms with Gasteiger partial charge in [0.2, 0.25) is 0 Å². The maximum atomic E-state index is 12.1. The maximum Gasteiger partial charge on any atom is 0.328 e. The number of hydrogen-bond acceptors (Lipinski definition) is 10. The molecule has 1 heterocycles. The number of phenols is 2. The Morgan fingerprint density at radius 1 is 0.974 bits per heavy atom. The molecule has 2 unspecified atom stereocenters. The lowest BCUT2D eigenvalue weighted by Gasteiger charge is -2.45. The number of aliphatic hydroxyl groups is 5. The summed E-state index contributed by atoms with van der Waals surface area (Å²) < 4.78 is 5.87. The first kappa shape index (κ1) is 28.0. The first-order valence-electron chi connectivity index (χ1n) is 12.4. The normalized spacial score (nSPS) is 28.7. The number of carboxylic acids is 1. The second kappa shape index (κ2) is 11.0. The monoisotopic (exact) mass is 531 g/mol. The van der Waals surface area contributed by atoms with E-state index in [2.05, 4.69) is 4.99 Å². The summed E-state index contributed by atoms with van der Waals surface area (Å²) in [5.74, 6) is -2.81. The lowest BCUT2D eigenvalue weighted by molar-refractivity contribution is -0.232. The van der Waals surface area contributed by atoms with Crippen LogP contribution in [-0.4, -0.2) is 95.7 Å². The molecule has 1 aliphatic carbocycles. The molecule has 0 bridgehead atoms. The Kier molecular flexibility index (Phi) is 8.07. The van der Waals surface area contributed by atoms with E-state index in [0.29, 0.717) is 16.7 Å². The molecule has 2 aromatic carbocycles. The average Bonchev–Trinajstić information content (AvgIpc) is 2.87. The standard InChI is InChI=1S/C27H33NO10/c1-11(2)6-15(27(36)37)28-22-20-13(4-3-5-16(20)31)19(14-7-12(9-29)8-17(32)21(14)22)26-25(35)24(34)23(33)18(10-30)38-26/h3-5,7-8,11,15,18-19,23-26,29-35H,6,9-10H2,1-2H3,(H,36,37)/t15?,18-,19?,23-,24+,25-,26+/m1/s1. The van der Waals surface area contributed by atoms with Crippen LogP contribution < -0.4 is 0 Å². The highest BCUT2D eigenvalue weighted by Gasteiger charge is 2.50. The van der Waals surface area contributed by atoms with Crippen molar-refractivity contribution in [3.63, 3.8) is 0 Å². The van der Waals surface area contributed by atoms with E-state index < -0.39 is 61.7 Å². The van der Waals surface area contributed by atoms with Gasteiger partial charge < -0.3 is 45.6 Å². The van der Waals surface area contributed by atoms with Gasteiger partial charge in [-0.3, -0.25) is 4.99 Å². The van der Waals surface area contributed by atoms with Crippen molar-refractivity contribution in [3.05, 3.63) is 58.1 Å². The molecule has 2 aromatic rings. The van der Waals surface area contributed by atoms with Crippen molar-refractivity contribution in [1.29, 1.82) is 0 Å². The molecule has 206 valence electrons. The Hall–Kier alpha value is -3.06. The number of rotatable bonds is 7. The summed E-state index contributed by atoms with van der Waals surface area (Å²) in [4.78, 5) is 16.6. The number of carboxylic acid groups (broad SMARTS) is 1. The molecule has 0 amide bonds. The molecule has 38 heavy (non-hydrogen) atoms. The topological polar surface area (TPSA) is 200 Å². The van der Waals surface area contributed by atoms with Crippen LogP contribution in [0, 0.1) is 5.92 Å². The minimum atomic E-state index is -1.68. The average molecular weight is 532 g/mol. The summed E-state index contributed by atoms with van der Waals surface area (Å²) in [6.07, 6.45) is -7.22. The highest BCUT2D eigenvalue weighted by Crippen LogP contribution is 2.48. The van der Waals surface area contributed by atoms with Gasteiger partial charge in [-0.25, -0.2) is 4.79 Å². The summed E-state index contributed by atoms with van der Waals surface area (Å²) in [6.45, 7) is 2.58. The third-order valence-electron chi connectivity index (χ3n) is 7.13. The largest absolute Gasteiger partial charge is 0.507 e. The Labute approximate surface area is 218 Å². The van der Waals surface area contributed by atoms with Crippen LogP contribution in [0.3, 0.4) is 0 Å². The predicted octanol–water partition coefficient (Wildman–Crippen LogP) is 0.214. The van der Waals surface area contributed by atoms with Crippen molar-refractivity contribution in [2.24, 2.45) is 10.9 Å². The van der Waals surface area contributed by atoms with Crippen molar-refractivity contribution in [2.75, 3.05) is 6.61 Å². The van der Waals surface area contributed by atoms with Gasteiger partial charge in [0.05, 0.1) is 25.0 Å².